The highest BCUT2D eigenvalue weighted by molar-refractivity contribution is 6.02. The molecule has 4 aliphatic rings. The highest BCUT2D eigenvalue weighted by Gasteiger charge is 2.46. The summed E-state index contributed by atoms with van der Waals surface area (Å²) in [5, 5.41) is 20.5. The van der Waals surface area contributed by atoms with Crippen molar-refractivity contribution in [2.45, 2.75) is 96.4 Å². The van der Waals surface area contributed by atoms with E-state index in [0.29, 0.717) is 29.0 Å². The van der Waals surface area contributed by atoms with E-state index in [9.17, 15) is 33.9 Å². The molecule has 318 valence electrons. The summed E-state index contributed by atoms with van der Waals surface area (Å²) in [5.41, 5.74) is 7.13. The van der Waals surface area contributed by atoms with Crippen molar-refractivity contribution in [3.63, 3.8) is 0 Å². The Morgan fingerprint density at radius 2 is 1.53 bits per heavy atom. The molecule has 2 aromatic heterocycles. The van der Waals surface area contributed by atoms with Crippen LogP contribution >= 0.6 is 0 Å². The molecule has 9 rings (SSSR count). The summed E-state index contributed by atoms with van der Waals surface area (Å²) in [6, 6.07) is 17.7. The second-order valence-corrected chi connectivity index (χ2v) is 16.5. The fourth-order valence-electron chi connectivity index (χ4n) is 9.23. The molecule has 0 bridgehead atoms. The maximum atomic E-state index is 13.8. The SMILES string of the molecule is CC[C@@]1(O)C(=O)OCc2c1cc1n(c2=O)Cc2c-1nc1ccc(NC(=O)[C@H](C)NC(=O)[C@H](C)NC(=O)[C@H](C)N(C)C(=O)OC3c4ccccc4-c4ccccc43)c3c1c2CCC3. The van der Waals surface area contributed by atoms with Crippen molar-refractivity contribution in [1.82, 2.24) is 25.1 Å². The molecule has 4 N–H and O–H groups in total. The Balaban J connectivity index is 0.855. The summed E-state index contributed by atoms with van der Waals surface area (Å²) in [7, 11) is 1.46. The molecule has 62 heavy (non-hydrogen) atoms. The number of nitrogens with zero attached hydrogens (tertiary/aromatic N) is 3. The summed E-state index contributed by atoms with van der Waals surface area (Å²) in [4.78, 5) is 86.1. The van der Waals surface area contributed by atoms with Gasteiger partial charge in [-0.05, 0) is 86.9 Å². The number of pyridine rings is 2. The highest BCUT2D eigenvalue weighted by Crippen LogP contribution is 2.46. The number of aliphatic hydroxyl groups is 1. The van der Waals surface area contributed by atoms with E-state index < -0.39 is 59.6 Å². The van der Waals surface area contributed by atoms with Crippen molar-refractivity contribution >= 4 is 46.4 Å². The van der Waals surface area contributed by atoms with Crippen molar-refractivity contribution in [3.05, 3.63) is 116 Å². The third-order valence-electron chi connectivity index (χ3n) is 12.9. The second kappa shape index (κ2) is 15.2. The number of hydrogen-bond acceptors (Lipinski definition) is 10. The van der Waals surface area contributed by atoms with E-state index in [-0.39, 0.29) is 36.3 Å². The Morgan fingerprint density at radius 1 is 0.887 bits per heavy atom. The summed E-state index contributed by atoms with van der Waals surface area (Å²) in [6.07, 6.45) is 0.877. The number of benzene rings is 3. The van der Waals surface area contributed by atoms with E-state index >= 15 is 0 Å². The fraction of sp³-hybridized carbons (Fsp3) is 0.340. The van der Waals surface area contributed by atoms with E-state index in [2.05, 4.69) is 16.0 Å². The lowest BCUT2D eigenvalue weighted by molar-refractivity contribution is -0.172. The maximum Gasteiger partial charge on any atom is 0.411 e. The number of ether oxygens (including phenoxy) is 2. The minimum absolute atomic E-state index is 0.0465. The first kappa shape index (κ1) is 40.5. The van der Waals surface area contributed by atoms with Gasteiger partial charge in [0.05, 0.1) is 29.0 Å². The number of anilines is 1. The van der Waals surface area contributed by atoms with Crippen LogP contribution in [0.2, 0.25) is 0 Å². The van der Waals surface area contributed by atoms with Crippen molar-refractivity contribution in [2.75, 3.05) is 12.4 Å². The molecule has 15 nitrogen and oxygen atoms in total. The number of carbonyl (C=O) groups excluding carboxylic acids is 5. The number of amides is 4. The van der Waals surface area contributed by atoms with E-state index in [1.807, 2.05) is 54.6 Å². The van der Waals surface area contributed by atoms with E-state index in [4.69, 9.17) is 14.5 Å². The minimum Gasteiger partial charge on any atom is -0.458 e. The number of nitrogens with one attached hydrogen (secondary N) is 3. The lowest BCUT2D eigenvalue weighted by Crippen LogP contribution is -2.54. The van der Waals surface area contributed by atoms with Gasteiger partial charge >= 0.3 is 12.1 Å². The van der Waals surface area contributed by atoms with Crippen molar-refractivity contribution < 1.29 is 38.6 Å². The molecule has 5 aromatic rings. The number of likely N-dealkylation sites (N-methyl/N-ethyl adjacent to an activating group) is 1. The smallest absolute Gasteiger partial charge is 0.411 e. The molecule has 4 heterocycles. The highest BCUT2D eigenvalue weighted by atomic mass is 16.6. The summed E-state index contributed by atoms with van der Waals surface area (Å²) < 4.78 is 12.8. The van der Waals surface area contributed by atoms with Crippen LogP contribution in [-0.2, 0) is 60.2 Å². The normalized spacial score (nSPS) is 18.2. The van der Waals surface area contributed by atoms with Gasteiger partial charge in [-0.25, -0.2) is 14.6 Å². The van der Waals surface area contributed by atoms with Gasteiger partial charge in [0.1, 0.15) is 24.7 Å². The van der Waals surface area contributed by atoms with Gasteiger partial charge in [-0.3, -0.25) is 24.1 Å². The number of aromatic nitrogens is 2. The number of cyclic esters (lactones) is 1. The lowest BCUT2D eigenvalue weighted by atomic mass is 9.85. The van der Waals surface area contributed by atoms with E-state index in [1.165, 1.54) is 25.8 Å². The van der Waals surface area contributed by atoms with Gasteiger partial charge in [0.25, 0.3) is 5.56 Å². The van der Waals surface area contributed by atoms with Crippen molar-refractivity contribution in [2.24, 2.45) is 0 Å². The number of rotatable bonds is 9. The van der Waals surface area contributed by atoms with Gasteiger partial charge in [-0.2, -0.15) is 0 Å². The monoisotopic (exact) mass is 838 g/mol. The van der Waals surface area contributed by atoms with Crippen LogP contribution in [-0.4, -0.2) is 74.5 Å². The first-order chi connectivity index (χ1) is 29.7. The molecular weight excluding hydrogens is 793 g/mol. The molecule has 4 amide bonds. The van der Waals surface area contributed by atoms with Crippen LogP contribution in [0.1, 0.15) is 85.6 Å². The van der Waals surface area contributed by atoms with Crippen LogP contribution in [0.25, 0.3) is 33.4 Å². The zero-order chi connectivity index (χ0) is 43.8. The number of carbonyl (C=O) groups is 5. The lowest BCUT2D eigenvalue weighted by Gasteiger charge is -2.31. The van der Waals surface area contributed by atoms with Gasteiger partial charge in [0, 0.05) is 40.4 Å². The molecule has 0 spiro atoms. The van der Waals surface area contributed by atoms with Gasteiger partial charge < -0.3 is 35.1 Å². The molecule has 0 saturated heterocycles. The molecule has 15 heteroatoms. The molecule has 2 aliphatic heterocycles. The van der Waals surface area contributed by atoms with E-state index in [1.54, 1.807) is 30.5 Å². The Hall–Kier alpha value is -6.87. The summed E-state index contributed by atoms with van der Waals surface area (Å²) in [5.74, 6) is -2.42. The molecular formula is C47H46N6O9. The van der Waals surface area contributed by atoms with E-state index in [0.717, 1.165) is 57.2 Å². The van der Waals surface area contributed by atoms with Crippen LogP contribution in [0.5, 0.6) is 0 Å². The van der Waals surface area contributed by atoms with Crippen molar-refractivity contribution in [1.29, 1.82) is 0 Å². The third kappa shape index (κ3) is 6.41. The van der Waals surface area contributed by atoms with Gasteiger partial charge in [0.2, 0.25) is 17.7 Å². The first-order valence-corrected chi connectivity index (χ1v) is 20.9. The topological polar surface area (TPSA) is 198 Å². The zero-order valence-corrected chi connectivity index (χ0v) is 35.0. The van der Waals surface area contributed by atoms with Gasteiger partial charge in [-0.1, -0.05) is 55.5 Å². The average molecular weight is 839 g/mol. The number of esters is 1. The van der Waals surface area contributed by atoms with Crippen LogP contribution in [0.4, 0.5) is 10.5 Å². The maximum absolute atomic E-state index is 13.8. The predicted octanol–water partition coefficient (Wildman–Crippen LogP) is 4.74. The summed E-state index contributed by atoms with van der Waals surface area (Å²) >= 11 is 0. The molecule has 0 saturated carbocycles. The predicted molar refractivity (Wildman–Crippen MR) is 228 cm³/mol. The Kier molecular flexibility index (Phi) is 9.96. The molecule has 0 fully saturated rings. The largest absolute Gasteiger partial charge is 0.458 e. The molecule has 2 aliphatic carbocycles. The van der Waals surface area contributed by atoms with Crippen LogP contribution in [0, 0.1) is 0 Å². The first-order valence-electron chi connectivity index (χ1n) is 20.9. The molecule has 0 unspecified atom stereocenters. The Labute approximate surface area is 356 Å². The van der Waals surface area contributed by atoms with Crippen LogP contribution in [0.15, 0.2) is 71.5 Å². The fourth-order valence-corrected chi connectivity index (χ4v) is 9.23. The molecule has 3 aromatic carbocycles. The second-order valence-electron chi connectivity index (χ2n) is 16.5. The molecule has 4 atom stereocenters. The number of aryl methyl sites for hydroxylation is 2. The zero-order valence-electron chi connectivity index (χ0n) is 35.0. The minimum atomic E-state index is -1.93. The number of fused-ring (bicyclic) bond motifs is 8. The Bertz CT molecular complexity index is 2790. The standard InChI is InChI=1S/C47H46N6O9/c1-6-47(60)34-20-37-39-32(21-53(37)44(57)33(34)22-61-45(47)58)28-16-11-17-31-35(18-19-36(50-39)38(28)31)51-42(55)24(3)48-41(54)23(2)49-43(56)25(4)52(5)46(59)62-40-29-14-9-7-12-26(29)27-13-8-10-15-30(27)40/h7-10,12-15,18-20,23-25,40,60H,6,11,16-17,21-22H2,1-5H3,(H,48,54)(H,49,56)(H,51,55)/t23-,24-,25-,47-/m0/s1. The average Bonchev–Trinajstić information content (AvgIpc) is 3.81. The van der Waals surface area contributed by atoms with Crippen LogP contribution < -0.4 is 21.5 Å². The summed E-state index contributed by atoms with van der Waals surface area (Å²) in [6.45, 7) is 6.30. The molecule has 0 radical (unpaired) electrons. The number of hydrogen-bond donors (Lipinski definition) is 4. The van der Waals surface area contributed by atoms with Crippen molar-refractivity contribution in [3.8, 4) is 22.5 Å². The quantitative estimate of drug-likeness (QED) is 0.148. The van der Waals surface area contributed by atoms with Gasteiger partial charge in [0.15, 0.2) is 11.7 Å². The Morgan fingerprint density at radius 3 is 2.23 bits per heavy atom. The van der Waals surface area contributed by atoms with Gasteiger partial charge in [-0.15, -0.1) is 0 Å². The van der Waals surface area contributed by atoms with Crippen LogP contribution in [0.3, 0.4) is 0 Å². The third-order valence-corrected chi connectivity index (χ3v) is 12.9.